The first-order valence-electron chi connectivity index (χ1n) is 3.96. The molecule has 0 aromatic heterocycles. The van der Waals surface area contributed by atoms with Crippen molar-refractivity contribution >= 4 is 18.1 Å². The second-order valence-electron chi connectivity index (χ2n) is 2.68. The van der Waals surface area contributed by atoms with Crippen LogP contribution in [-0.2, 0) is 0 Å². The van der Waals surface area contributed by atoms with Gasteiger partial charge in [0.25, 0.3) is 0 Å². The Labute approximate surface area is 81.6 Å². The maximum absolute atomic E-state index is 10.7. The lowest BCUT2D eigenvalue weighted by atomic mass is 10.0. The van der Waals surface area contributed by atoms with Crippen LogP contribution in [0.15, 0.2) is 25.3 Å². The number of carboxylic acids is 1. The lowest BCUT2D eigenvalue weighted by Crippen LogP contribution is -1.98. The van der Waals surface area contributed by atoms with Crippen molar-refractivity contribution in [1.29, 1.82) is 0 Å². The molecule has 0 radical (unpaired) electrons. The Hall–Kier alpha value is -2.03. The van der Waals surface area contributed by atoms with Crippen molar-refractivity contribution < 1.29 is 15.0 Å². The van der Waals surface area contributed by atoms with Gasteiger partial charge in [-0.25, -0.2) is 4.79 Å². The zero-order valence-electron chi connectivity index (χ0n) is 7.53. The minimum Gasteiger partial charge on any atom is -0.506 e. The topological polar surface area (TPSA) is 57.5 Å². The summed E-state index contributed by atoms with van der Waals surface area (Å²) in [5.41, 5.74) is 0.910. The van der Waals surface area contributed by atoms with E-state index in [1.807, 2.05) is 0 Å². The lowest BCUT2D eigenvalue weighted by Gasteiger charge is -2.06. The molecule has 0 aliphatic rings. The Morgan fingerprint density at radius 3 is 2.36 bits per heavy atom. The van der Waals surface area contributed by atoms with E-state index in [9.17, 15) is 9.90 Å². The molecule has 2 N–H and O–H groups in total. The van der Waals surface area contributed by atoms with Crippen LogP contribution >= 0.6 is 0 Å². The second-order valence-corrected chi connectivity index (χ2v) is 2.68. The molecule has 0 unspecified atom stereocenters. The molecule has 3 heteroatoms. The van der Waals surface area contributed by atoms with Crippen LogP contribution in [-0.4, -0.2) is 16.2 Å². The van der Waals surface area contributed by atoms with Crippen molar-refractivity contribution in [3.8, 4) is 5.75 Å². The Bertz CT molecular complexity index is 405. The van der Waals surface area contributed by atoms with Gasteiger partial charge in [-0.05, 0) is 11.6 Å². The standard InChI is InChI=1S/C11H10O3/c1-3-7-5-6-9(11(13)14)10(12)8(7)4-2/h3-6,12H,1-2H2,(H,13,14). The fourth-order valence-corrected chi connectivity index (χ4v) is 1.19. The van der Waals surface area contributed by atoms with Crippen molar-refractivity contribution in [2.24, 2.45) is 0 Å². The van der Waals surface area contributed by atoms with Gasteiger partial charge < -0.3 is 10.2 Å². The summed E-state index contributed by atoms with van der Waals surface area (Å²) < 4.78 is 0. The zero-order valence-corrected chi connectivity index (χ0v) is 7.53. The van der Waals surface area contributed by atoms with E-state index < -0.39 is 5.97 Å². The van der Waals surface area contributed by atoms with Crippen LogP contribution in [0.5, 0.6) is 5.75 Å². The third-order valence-corrected chi connectivity index (χ3v) is 1.91. The summed E-state index contributed by atoms with van der Waals surface area (Å²) >= 11 is 0. The molecule has 72 valence electrons. The van der Waals surface area contributed by atoms with Crippen LogP contribution in [0.2, 0.25) is 0 Å². The highest BCUT2D eigenvalue weighted by Gasteiger charge is 2.13. The summed E-state index contributed by atoms with van der Waals surface area (Å²) in [6, 6.07) is 2.91. The third-order valence-electron chi connectivity index (χ3n) is 1.91. The van der Waals surface area contributed by atoms with Crippen LogP contribution in [0.1, 0.15) is 21.5 Å². The molecule has 0 heterocycles. The first-order valence-corrected chi connectivity index (χ1v) is 3.96. The van der Waals surface area contributed by atoms with Gasteiger partial charge in [0.1, 0.15) is 11.3 Å². The molecule has 1 aromatic rings. The van der Waals surface area contributed by atoms with Crippen molar-refractivity contribution in [2.45, 2.75) is 0 Å². The van der Waals surface area contributed by atoms with Crippen molar-refractivity contribution in [2.75, 3.05) is 0 Å². The average Bonchev–Trinajstić information content (AvgIpc) is 2.16. The van der Waals surface area contributed by atoms with Crippen molar-refractivity contribution in [3.05, 3.63) is 42.0 Å². The number of hydrogen-bond acceptors (Lipinski definition) is 2. The monoisotopic (exact) mass is 190 g/mol. The summed E-state index contributed by atoms with van der Waals surface area (Å²) in [7, 11) is 0. The molecule has 0 atom stereocenters. The number of aromatic hydroxyl groups is 1. The molecular weight excluding hydrogens is 180 g/mol. The minimum absolute atomic E-state index is 0.134. The van der Waals surface area contributed by atoms with Crippen LogP contribution in [0.3, 0.4) is 0 Å². The number of carbonyl (C=O) groups is 1. The Morgan fingerprint density at radius 1 is 1.29 bits per heavy atom. The van der Waals surface area contributed by atoms with E-state index in [0.717, 1.165) is 0 Å². The van der Waals surface area contributed by atoms with Gasteiger partial charge in [-0.3, -0.25) is 0 Å². The molecule has 14 heavy (non-hydrogen) atoms. The van der Waals surface area contributed by atoms with E-state index in [2.05, 4.69) is 13.2 Å². The predicted octanol–water partition coefficient (Wildman–Crippen LogP) is 2.38. The number of benzene rings is 1. The smallest absolute Gasteiger partial charge is 0.339 e. The van der Waals surface area contributed by atoms with Gasteiger partial charge in [-0.1, -0.05) is 31.4 Å². The fourth-order valence-electron chi connectivity index (χ4n) is 1.19. The molecular formula is C11H10O3. The van der Waals surface area contributed by atoms with E-state index in [1.54, 1.807) is 6.07 Å². The van der Waals surface area contributed by atoms with Crippen molar-refractivity contribution in [1.82, 2.24) is 0 Å². The highest BCUT2D eigenvalue weighted by molar-refractivity contribution is 5.93. The molecule has 1 rings (SSSR count). The van der Waals surface area contributed by atoms with Gasteiger partial charge in [-0.15, -0.1) is 0 Å². The van der Waals surface area contributed by atoms with Crippen molar-refractivity contribution in [3.63, 3.8) is 0 Å². The van der Waals surface area contributed by atoms with Crippen LogP contribution in [0, 0.1) is 0 Å². The average molecular weight is 190 g/mol. The van der Waals surface area contributed by atoms with E-state index in [1.165, 1.54) is 18.2 Å². The normalized spacial score (nSPS) is 9.43. The molecule has 0 aliphatic heterocycles. The summed E-state index contributed by atoms with van der Waals surface area (Å²) in [6.07, 6.45) is 2.93. The molecule has 1 aromatic carbocycles. The van der Waals surface area contributed by atoms with E-state index in [0.29, 0.717) is 11.1 Å². The van der Waals surface area contributed by atoms with Gasteiger partial charge in [0.15, 0.2) is 0 Å². The summed E-state index contributed by atoms with van der Waals surface area (Å²) in [4.78, 5) is 10.7. The molecule has 0 saturated heterocycles. The third kappa shape index (κ3) is 1.52. The fraction of sp³-hybridized carbons (Fsp3) is 0. The van der Waals surface area contributed by atoms with Gasteiger partial charge in [0, 0.05) is 5.56 Å². The first-order chi connectivity index (χ1) is 6.61. The molecule has 0 fully saturated rings. The first kappa shape index (κ1) is 10.1. The number of rotatable bonds is 3. The SMILES string of the molecule is C=Cc1ccc(C(=O)O)c(O)c1C=C. The number of hydrogen-bond donors (Lipinski definition) is 2. The zero-order chi connectivity index (χ0) is 10.7. The maximum atomic E-state index is 10.7. The largest absolute Gasteiger partial charge is 0.506 e. The minimum atomic E-state index is -1.17. The predicted molar refractivity (Wildman–Crippen MR) is 55.2 cm³/mol. The van der Waals surface area contributed by atoms with Gasteiger partial charge in [0.05, 0.1) is 0 Å². The molecule has 0 bridgehead atoms. The quantitative estimate of drug-likeness (QED) is 0.769. The summed E-state index contributed by atoms with van der Waals surface area (Å²) in [5, 5.41) is 18.3. The summed E-state index contributed by atoms with van der Waals surface area (Å²) in [6.45, 7) is 7.05. The maximum Gasteiger partial charge on any atom is 0.339 e. The molecule has 0 saturated carbocycles. The van der Waals surface area contributed by atoms with Gasteiger partial charge in [-0.2, -0.15) is 0 Å². The highest BCUT2D eigenvalue weighted by atomic mass is 16.4. The van der Waals surface area contributed by atoms with Gasteiger partial charge >= 0.3 is 5.97 Å². The van der Waals surface area contributed by atoms with Gasteiger partial charge in [0.2, 0.25) is 0 Å². The second kappa shape index (κ2) is 3.79. The number of aromatic carboxylic acids is 1. The van der Waals surface area contributed by atoms with Crippen LogP contribution < -0.4 is 0 Å². The Morgan fingerprint density at radius 2 is 1.93 bits per heavy atom. The molecule has 0 amide bonds. The Kier molecular flexibility index (Phi) is 2.72. The lowest BCUT2D eigenvalue weighted by molar-refractivity contribution is 0.0693. The van der Waals surface area contributed by atoms with E-state index >= 15 is 0 Å². The number of phenols is 1. The van der Waals surface area contributed by atoms with E-state index in [4.69, 9.17) is 5.11 Å². The molecule has 0 aliphatic carbocycles. The van der Waals surface area contributed by atoms with E-state index in [-0.39, 0.29) is 11.3 Å². The highest BCUT2D eigenvalue weighted by Crippen LogP contribution is 2.27. The summed E-state index contributed by atoms with van der Waals surface area (Å²) in [5.74, 6) is -1.44. The molecule has 3 nitrogen and oxygen atoms in total. The Balaban J connectivity index is 3.49. The van der Waals surface area contributed by atoms with Crippen LogP contribution in [0.4, 0.5) is 0 Å². The number of carboxylic acid groups (broad SMARTS) is 1. The van der Waals surface area contributed by atoms with Crippen LogP contribution in [0.25, 0.3) is 12.2 Å². The molecule has 0 spiro atoms.